The molecule has 1 amide bonds. The highest BCUT2D eigenvalue weighted by Gasteiger charge is 2.33. The van der Waals surface area contributed by atoms with Gasteiger partial charge in [-0.1, -0.05) is 72.8 Å². The summed E-state index contributed by atoms with van der Waals surface area (Å²) in [4.78, 5) is 12.8. The van der Waals surface area contributed by atoms with Gasteiger partial charge in [-0.2, -0.15) is 4.57 Å². The van der Waals surface area contributed by atoms with E-state index >= 15 is 0 Å². The number of hydrogen-bond donors (Lipinski definition) is 1. The van der Waals surface area contributed by atoms with Crippen molar-refractivity contribution < 1.29 is 21.8 Å². The van der Waals surface area contributed by atoms with Gasteiger partial charge < -0.3 is 17.7 Å². The van der Waals surface area contributed by atoms with E-state index in [9.17, 15) is 4.79 Å². The molecule has 0 radical (unpaired) electrons. The second-order valence-electron chi connectivity index (χ2n) is 6.59. The molecule has 4 rings (SSSR count). The molecule has 0 bridgehead atoms. The number of fused-ring (bicyclic) bond motifs is 1. The number of hydrogen-bond acceptors (Lipinski definition) is 1. The molecule has 0 aliphatic heterocycles. The molecule has 1 aromatic heterocycles. The average molecular weight is 377 g/mol. The van der Waals surface area contributed by atoms with Crippen LogP contribution >= 0.6 is 0 Å². The number of amides is 1. The first-order chi connectivity index (χ1) is 12.8. The number of aromatic nitrogens is 1. The van der Waals surface area contributed by atoms with Crippen LogP contribution in [0.15, 0.2) is 97.4 Å². The molecular formula is C23H21ClN2O. The standard InChI is InChI=1S/C23H20N2O.ClH/c26-22(18-25-16-7-2-8-17-25)24-23(14-5-1-6-15-23)21-13-9-11-19-10-3-4-12-20(19)21;/h1-14,16-17H,15,18H2;1H. The first-order valence-electron chi connectivity index (χ1n) is 8.85. The van der Waals surface area contributed by atoms with Crippen LogP contribution in [0.4, 0.5) is 0 Å². The van der Waals surface area contributed by atoms with Crippen molar-refractivity contribution in [1.29, 1.82) is 0 Å². The lowest BCUT2D eigenvalue weighted by Crippen LogP contribution is -3.00. The van der Waals surface area contributed by atoms with Gasteiger partial charge in [0.1, 0.15) is 0 Å². The van der Waals surface area contributed by atoms with E-state index < -0.39 is 5.54 Å². The normalized spacial score (nSPS) is 18.1. The van der Waals surface area contributed by atoms with Crippen molar-refractivity contribution in [2.45, 2.75) is 18.5 Å². The van der Waals surface area contributed by atoms with Gasteiger partial charge in [0.05, 0.1) is 5.54 Å². The van der Waals surface area contributed by atoms with Crippen LogP contribution < -0.4 is 22.3 Å². The molecule has 0 spiro atoms. The van der Waals surface area contributed by atoms with Gasteiger partial charge in [0.25, 0.3) is 5.91 Å². The summed E-state index contributed by atoms with van der Waals surface area (Å²) in [7, 11) is 0. The summed E-state index contributed by atoms with van der Waals surface area (Å²) in [6, 6.07) is 20.4. The van der Waals surface area contributed by atoms with Gasteiger partial charge in [0, 0.05) is 12.1 Å². The highest BCUT2D eigenvalue weighted by atomic mass is 35.5. The molecule has 1 atom stereocenters. The number of benzene rings is 2. The van der Waals surface area contributed by atoms with E-state index in [0.29, 0.717) is 6.54 Å². The maximum atomic E-state index is 12.8. The number of rotatable bonds is 4. The SMILES string of the molecule is O=C(C[n+]1ccccc1)NC1(c2cccc3ccccc23)C=CC=CC1.[Cl-]. The van der Waals surface area contributed by atoms with E-state index in [1.165, 1.54) is 10.8 Å². The summed E-state index contributed by atoms with van der Waals surface area (Å²) in [5.41, 5.74) is 0.602. The Kier molecular flexibility index (Phi) is 5.72. The van der Waals surface area contributed by atoms with E-state index in [-0.39, 0.29) is 18.3 Å². The molecule has 1 heterocycles. The van der Waals surface area contributed by atoms with Gasteiger partial charge in [-0.05, 0) is 22.8 Å². The molecule has 0 fully saturated rings. The molecule has 3 aromatic rings. The minimum atomic E-state index is -0.526. The van der Waals surface area contributed by atoms with E-state index in [1.54, 1.807) is 0 Å². The van der Waals surface area contributed by atoms with Crippen LogP contribution in [0.3, 0.4) is 0 Å². The zero-order valence-corrected chi connectivity index (χ0v) is 15.6. The molecule has 1 aliphatic carbocycles. The smallest absolute Gasteiger partial charge is 0.286 e. The first kappa shape index (κ1) is 18.9. The molecule has 2 aromatic carbocycles. The van der Waals surface area contributed by atoms with Crippen LogP contribution in [0.2, 0.25) is 0 Å². The second-order valence-corrected chi connectivity index (χ2v) is 6.59. The fraction of sp³-hybridized carbons (Fsp3) is 0.130. The predicted octanol–water partition coefficient (Wildman–Crippen LogP) is 0.659. The molecule has 4 heteroatoms. The summed E-state index contributed by atoms with van der Waals surface area (Å²) >= 11 is 0. The Morgan fingerprint density at radius 2 is 1.74 bits per heavy atom. The van der Waals surface area contributed by atoms with Crippen molar-refractivity contribution in [2.75, 3.05) is 0 Å². The fourth-order valence-corrected chi connectivity index (χ4v) is 3.59. The van der Waals surface area contributed by atoms with Gasteiger partial charge in [0.2, 0.25) is 6.54 Å². The summed E-state index contributed by atoms with van der Waals surface area (Å²) < 4.78 is 1.88. The molecule has 1 N–H and O–H groups in total. The highest BCUT2D eigenvalue weighted by Crippen LogP contribution is 2.34. The van der Waals surface area contributed by atoms with Crippen molar-refractivity contribution in [2.24, 2.45) is 0 Å². The Balaban J connectivity index is 0.00000210. The van der Waals surface area contributed by atoms with Crippen LogP contribution in [-0.4, -0.2) is 5.91 Å². The summed E-state index contributed by atoms with van der Waals surface area (Å²) in [6.45, 7) is 0.297. The van der Waals surface area contributed by atoms with Crippen LogP contribution in [0.1, 0.15) is 12.0 Å². The van der Waals surface area contributed by atoms with Crippen molar-refractivity contribution in [3.63, 3.8) is 0 Å². The van der Waals surface area contributed by atoms with Crippen molar-refractivity contribution in [3.8, 4) is 0 Å². The fourth-order valence-electron chi connectivity index (χ4n) is 3.59. The summed E-state index contributed by atoms with van der Waals surface area (Å²) in [5, 5.41) is 5.64. The lowest BCUT2D eigenvalue weighted by Gasteiger charge is -2.33. The molecule has 1 aliphatic rings. The van der Waals surface area contributed by atoms with Crippen molar-refractivity contribution in [3.05, 3.63) is 103 Å². The third kappa shape index (κ3) is 3.93. The average Bonchev–Trinajstić information content (AvgIpc) is 2.69. The van der Waals surface area contributed by atoms with Gasteiger partial charge in [0.15, 0.2) is 12.4 Å². The number of carbonyl (C=O) groups excluding carboxylic acids is 1. The van der Waals surface area contributed by atoms with Crippen molar-refractivity contribution in [1.82, 2.24) is 5.32 Å². The number of allylic oxidation sites excluding steroid dienone is 2. The molecule has 0 saturated heterocycles. The minimum Gasteiger partial charge on any atom is -1.00 e. The highest BCUT2D eigenvalue weighted by molar-refractivity contribution is 5.88. The van der Waals surface area contributed by atoms with Crippen LogP contribution in [0.5, 0.6) is 0 Å². The van der Waals surface area contributed by atoms with Crippen LogP contribution in [0, 0.1) is 0 Å². The molecule has 3 nitrogen and oxygen atoms in total. The zero-order valence-electron chi connectivity index (χ0n) is 14.9. The maximum Gasteiger partial charge on any atom is 0.286 e. The predicted molar refractivity (Wildman–Crippen MR) is 103 cm³/mol. The molecule has 136 valence electrons. The number of pyridine rings is 1. The Morgan fingerprint density at radius 3 is 2.52 bits per heavy atom. The van der Waals surface area contributed by atoms with E-state index in [4.69, 9.17) is 0 Å². The number of carbonyl (C=O) groups is 1. The lowest BCUT2D eigenvalue weighted by molar-refractivity contribution is -0.684. The molecule has 0 saturated carbocycles. The Hall–Kier alpha value is -2.91. The monoisotopic (exact) mass is 376 g/mol. The summed E-state index contributed by atoms with van der Waals surface area (Å²) in [5.74, 6) is -0.00548. The molecule has 1 unspecified atom stereocenters. The molecule has 27 heavy (non-hydrogen) atoms. The van der Waals surface area contributed by atoms with Crippen LogP contribution in [-0.2, 0) is 16.9 Å². The Morgan fingerprint density at radius 1 is 0.963 bits per heavy atom. The molecular weight excluding hydrogens is 356 g/mol. The first-order valence-corrected chi connectivity index (χ1v) is 8.85. The van der Waals surface area contributed by atoms with Gasteiger partial charge in [-0.25, -0.2) is 0 Å². The van der Waals surface area contributed by atoms with E-state index in [0.717, 1.165) is 12.0 Å². The van der Waals surface area contributed by atoms with E-state index in [1.807, 2.05) is 59.4 Å². The van der Waals surface area contributed by atoms with Gasteiger partial charge >= 0.3 is 0 Å². The lowest BCUT2D eigenvalue weighted by atomic mass is 9.81. The second kappa shape index (κ2) is 8.19. The Labute approximate surface area is 165 Å². The van der Waals surface area contributed by atoms with Gasteiger partial charge in [-0.3, -0.25) is 4.79 Å². The quantitative estimate of drug-likeness (QED) is 0.667. The topological polar surface area (TPSA) is 33.0 Å². The number of halogens is 1. The van der Waals surface area contributed by atoms with Crippen LogP contribution in [0.25, 0.3) is 10.8 Å². The Bertz CT molecular complexity index is 992. The number of nitrogens with zero attached hydrogens (tertiary/aromatic N) is 1. The maximum absolute atomic E-state index is 12.8. The third-order valence-corrected chi connectivity index (χ3v) is 4.80. The number of nitrogens with one attached hydrogen (secondary N) is 1. The minimum absolute atomic E-state index is 0. The largest absolute Gasteiger partial charge is 1.00 e. The summed E-state index contributed by atoms with van der Waals surface area (Å²) in [6.07, 6.45) is 12.8. The van der Waals surface area contributed by atoms with E-state index in [2.05, 4.69) is 47.8 Å². The third-order valence-electron chi connectivity index (χ3n) is 4.80. The van der Waals surface area contributed by atoms with Gasteiger partial charge in [-0.15, -0.1) is 0 Å². The zero-order chi connectivity index (χ0) is 17.8. The van der Waals surface area contributed by atoms with Crippen molar-refractivity contribution >= 4 is 16.7 Å².